The Balaban J connectivity index is 3.24. The van der Waals surface area contributed by atoms with Crippen molar-refractivity contribution in [2.24, 2.45) is 5.73 Å². The molecule has 0 amide bonds. The van der Waals surface area contributed by atoms with Crippen molar-refractivity contribution in [3.05, 3.63) is 35.1 Å². The maximum Gasteiger partial charge on any atom is 0.416 e. The number of alkyl halides is 4. The summed E-state index contributed by atoms with van der Waals surface area (Å²) in [7, 11) is 0. The van der Waals surface area contributed by atoms with Gasteiger partial charge in [-0.25, -0.2) is 4.39 Å². The molecule has 0 aromatic heterocycles. The Labute approximate surface area is 89.1 Å². The lowest BCUT2D eigenvalue weighted by molar-refractivity contribution is -0.138. The van der Waals surface area contributed by atoms with E-state index < -0.39 is 35.8 Å². The average molecular weight is 239 g/mol. The molecule has 6 heteroatoms. The molecule has 1 rings (SSSR count). The average Bonchev–Trinajstić information content (AvgIpc) is 2.16. The van der Waals surface area contributed by atoms with Crippen LogP contribution < -0.4 is 5.73 Å². The summed E-state index contributed by atoms with van der Waals surface area (Å²) < 4.78 is 62.8. The molecule has 0 aliphatic heterocycles. The van der Waals surface area contributed by atoms with Gasteiger partial charge in [-0.1, -0.05) is 6.07 Å². The summed E-state index contributed by atoms with van der Waals surface area (Å²) in [6.07, 6.45) is -5.03. The van der Waals surface area contributed by atoms with E-state index in [1.807, 2.05) is 0 Å². The van der Waals surface area contributed by atoms with Gasteiger partial charge >= 0.3 is 6.18 Å². The quantitative estimate of drug-likeness (QED) is 0.805. The van der Waals surface area contributed by atoms with Crippen LogP contribution in [0.4, 0.5) is 22.0 Å². The van der Waals surface area contributed by atoms with Crippen LogP contribution in [0.15, 0.2) is 18.2 Å². The van der Waals surface area contributed by atoms with Gasteiger partial charge in [0.25, 0.3) is 0 Å². The van der Waals surface area contributed by atoms with Gasteiger partial charge in [0.2, 0.25) is 0 Å². The molecule has 0 unspecified atom stereocenters. The van der Waals surface area contributed by atoms with Crippen LogP contribution in [0.25, 0.3) is 0 Å². The van der Waals surface area contributed by atoms with Crippen LogP contribution in [0.5, 0.6) is 0 Å². The van der Waals surface area contributed by atoms with Gasteiger partial charge in [-0.15, -0.1) is 0 Å². The Bertz CT molecular complexity index is 361. The highest BCUT2D eigenvalue weighted by atomic mass is 19.4. The van der Waals surface area contributed by atoms with Gasteiger partial charge in [0.1, 0.15) is 5.82 Å². The molecule has 0 radical (unpaired) electrons. The zero-order chi connectivity index (χ0) is 12.3. The standard InChI is InChI=1S/C10H10F5N/c11-5-4-8(16)9-6(10(13,14)15)2-1-3-7(9)12/h1-3,8H,4-5,16H2/t8-/m1/s1. The highest BCUT2D eigenvalue weighted by molar-refractivity contribution is 5.33. The predicted octanol–water partition coefficient (Wildman–Crippen LogP) is 3.20. The fraction of sp³-hybridized carbons (Fsp3) is 0.400. The molecule has 0 aliphatic rings. The van der Waals surface area contributed by atoms with E-state index in [9.17, 15) is 22.0 Å². The van der Waals surface area contributed by atoms with E-state index in [1.54, 1.807) is 0 Å². The van der Waals surface area contributed by atoms with Crippen LogP contribution in [0.2, 0.25) is 0 Å². The Morgan fingerprint density at radius 3 is 2.38 bits per heavy atom. The molecule has 0 saturated heterocycles. The van der Waals surface area contributed by atoms with Crippen molar-refractivity contribution in [2.45, 2.75) is 18.6 Å². The number of benzene rings is 1. The minimum Gasteiger partial charge on any atom is -0.324 e. The molecule has 0 heterocycles. The fourth-order valence-electron chi connectivity index (χ4n) is 1.42. The van der Waals surface area contributed by atoms with Gasteiger partial charge in [0, 0.05) is 11.6 Å². The lowest BCUT2D eigenvalue weighted by Gasteiger charge is -2.17. The van der Waals surface area contributed by atoms with Crippen LogP contribution >= 0.6 is 0 Å². The molecule has 1 atom stereocenters. The summed E-state index contributed by atoms with van der Waals surface area (Å²) in [5.74, 6) is -1.06. The number of nitrogens with two attached hydrogens (primary N) is 1. The first-order chi connectivity index (χ1) is 7.38. The maximum atomic E-state index is 13.3. The topological polar surface area (TPSA) is 26.0 Å². The third kappa shape index (κ3) is 2.69. The van der Waals surface area contributed by atoms with Crippen molar-refractivity contribution in [2.75, 3.05) is 6.67 Å². The molecule has 90 valence electrons. The van der Waals surface area contributed by atoms with E-state index in [2.05, 4.69) is 0 Å². The largest absolute Gasteiger partial charge is 0.416 e. The maximum absolute atomic E-state index is 13.3. The molecule has 0 fully saturated rings. The minimum absolute atomic E-state index is 0.343. The molecular formula is C10H10F5N. The van der Waals surface area contributed by atoms with E-state index in [0.29, 0.717) is 0 Å². The van der Waals surface area contributed by atoms with Gasteiger partial charge in [-0.2, -0.15) is 13.2 Å². The highest BCUT2D eigenvalue weighted by Gasteiger charge is 2.35. The second-order valence-electron chi connectivity index (χ2n) is 3.28. The van der Waals surface area contributed by atoms with Crippen molar-refractivity contribution in [1.29, 1.82) is 0 Å². The highest BCUT2D eigenvalue weighted by Crippen LogP contribution is 2.35. The van der Waals surface area contributed by atoms with E-state index >= 15 is 0 Å². The smallest absolute Gasteiger partial charge is 0.324 e. The Hall–Kier alpha value is -1.17. The molecule has 0 saturated carbocycles. The third-order valence-corrected chi connectivity index (χ3v) is 2.15. The summed E-state index contributed by atoms with van der Waals surface area (Å²) in [5.41, 5.74) is 3.51. The number of hydrogen-bond acceptors (Lipinski definition) is 1. The van der Waals surface area contributed by atoms with Gasteiger partial charge in [0.05, 0.1) is 12.2 Å². The van der Waals surface area contributed by atoms with Crippen molar-refractivity contribution < 1.29 is 22.0 Å². The molecule has 1 aromatic carbocycles. The van der Waals surface area contributed by atoms with Crippen LogP contribution in [-0.4, -0.2) is 6.67 Å². The first kappa shape index (κ1) is 12.9. The molecule has 0 spiro atoms. The SMILES string of the molecule is N[C@H](CCF)c1c(F)cccc1C(F)(F)F. The van der Waals surface area contributed by atoms with Crippen LogP contribution in [0, 0.1) is 5.82 Å². The summed E-state index contributed by atoms with van der Waals surface area (Å²) in [4.78, 5) is 0. The number of hydrogen-bond donors (Lipinski definition) is 1. The molecule has 16 heavy (non-hydrogen) atoms. The number of rotatable bonds is 3. The van der Waals surface area contributed by atoms with Crippen LogP contribution in [0.3, 0.4) is 0 Å². The van der Waals surface area contributed by atoms with E-state index in [-0.39, 0.29) is 6.42 Å². The second kappa shape index (κ2) is 4.78. The summed E-state index contributed by atoms with van der Waals surface area (Å²) in [6.45, 7) is -0.896. The first-order valence-electron chi connectivity index (χ1n) is 4.55. The Kier molecular flexibility index (Phi) is 3.85. The summed E-state index contributed by atoms with van der Waals surface area (Å²) in [6, 6.07) is 1.27. The number of halogens is 5. The van der Waals surface area contributed by atoms with E-state index in [4.69, 9.17) is 5.73 Å². The molecule has 1 nitrogen and oxygen atoms in total. The van der Waals surface area contributed by atoms with Gasteiger partial charge in [-0.3, -0.25) is 4.39 Å². The minimum atomic E-state index is -4.69. The van der Waals surface area contributed by atoms with Gasteiger partial charge in [0.15, 0.2) is 0 Å². The van der Waals surface area contributed by atoms with Crippen LogP contribution in [0.1, 0.15) is 23.6 Å². The first-order valence-corrected chi connectivity index (χ1v) is 4.55. The Morgan fingerprint density at radius 1 is 1.25 bits per heavy atom. The Morgan fingerprint density at radius 2 is 1.88 bits per heavy atom. The van der Waals surface area contributed by atoms with Crippen molar-refractivity contribution in [1.82, 2.24) is 0 Å². The molecule has 1 aromatic rings. The normalized spacial score (nSPS) is 13.9. The van der Waals surface area contributed by atoms with Gasteiger partial charge < -0.3 is 5.73 Å². The third-order valence-electron chi connectivity index (χ3n) is 2.15. The summed E-state index contributed by atoms with van der Waals surface area (Å²) >= 11 is 0. The lowest BCUT2D eigenvalue weighted by Crippen LogP contribution is -2.19. The van der Waals surface area contributed by atoms with E-state index in [1.165, 1.54) is 0 Å². The zero-order valence-electron chi connectivity index (χ0n) is 8.19. The van der Waals surface area contributed by atoms with Crippen molar-refractivity contribution in [3.8, 4) is 0 Å². The lowest BCUT2D eigenvalue weighted by atomic mass is 9.98. The zero-order valence-corrected chi connectivity index (χ0v) is 8.19. The second-order valence-corrected chi connectivity index (χ2v) is 3.28. The van der Waals surface area contributed by atoms with Crippen molar-refractivity contribution >= 4 is 0 Å². The van der Waals surface area contributed by atoms with Crippen LogP contribution in [-0.2, 0) is 6.18 Å². The predicted molar refractivity (Wildman–Crippen MR) is 48.9 cm³/mol. The van der Waals surface area contributed by atoms with Crippen molar-refractivity contribution in [3.63, 3.8) is 0 Å². The van der Waals surface area contributed by atoms with E-state index in [0.717, 1.165) is 18.2 Å². The monoisotopic (exact) mass is 239 g/mol. The molecular weight excluding hydrogens is 229 g/mol. The van der Waals surface area contributed by atoms with Gasteiger partial charge in [-0.05, 0) is 18.6 Å². The molecule has 0 bridgehead atoms. The summed E-state index contributed by atoms with van der Waals surface area (Å²) in [5, 5.41) is 0. The fourth-order valence-corrected chi connectivity index (χ4v) is 1.42. The molecule has 0 aliphatic carbocycles. The molecule has 2 N–H and O–H groups in total.